The fourth-order valence-electron chi connectivity index (χ4n) is 6.82. The number of hydrogen-bond acceptors (Lipinski definition) is 2. The maximum Gasteiger partial charge on any atom is 0.223 e. The Morgan fingerprint density at radius 3 is 1.21 bits per heavy atom. The maximum atomic E-state index is 5.11. The zero-order valence-corrected chi connectivity index (χ0v) is 23.0. The van der Waals surface area contributed by atoms with Crippen LogP contribution in [0.5, 0.6) is 0 Å². The molecule has 0 fully saturated rings. The number of nitrogens with zero attached hydrogens (tertiary/aromatic N) is 5. The summed E-state index contributed by atoms with van der Waals surface area (Å²) in [5, 5.41) is 0. The van der Waals surface area contributed by atoms with Crippen molar-refractivity contribution in [1.29, 1.82) is 0 Å². The van der Waals surface area contributed by atoms with Gasteiger partial charge in [-0.2, -0.15) is 0 Å². The molecule has 0 unspecified atom stereocenters. The summed E-state index contributed by atoms with van der Waals surface area (Å²) in [5.74, 6) is 1.76. The van der Waals surface area contributed by atoms with Crippen molar-refractivity contribution in [3.63, 3.8) is 0 Å². The number of benzene rings is 6. The number of hydrogen-bond donors (Lipinski definition) is 0. The lowest BCUT2D eigenvalue weighted by Crippen LogP contribution is -1.90. The minimum atomic E-state index is 0.881. The van der Waals surface area contributed by atoms with Crippen molar-refractivity contribution in [1.82, 2.24) is 23.2 Å². The van der Waals surface area contributed by atoms with Gasteiger partial charge in [-0.05, 0) is 88.0 Å². The summed E-state index contributed by atoms with van der Waals surface area (Å²) in [6, 6.07) is 49.6. The van der Waals surface area contributed by atoms with Crippen molar-refractivity contribution in [2.45, 2.75) is 0 Å². The number of fused-ring (bicyclic) bond motifs is 10. The van der Waals surface area contributed by atoms with Crippen molar-refractivity contribution < 1.29 is 0 Å². The first-order valence-electron chi connectivity index (χ1n) is 14.5. The molecule has 0 atom stereocenters. The smallest absolute Gasteiger partial charge is 0.223 e. The summed E-state index contributed by atoms with van der Waals surface area (Å²) in [5.41, 5.74) is 14.6. The molecule has 5 nitrogen and oxygen atoms in total. The van der Waals surface area contributed by atoms with Crippen molar-refractivity contribution >= 4 is 50.2 Å². The summed E-state index contributed by atoms with van der Waals surface area (Å²) in [7, 11) is 0. The normalized spacial score (nSPS) is 12.2. The van der Waals surface area contributed by atoms with Crippen LogP contribution in [0.1, 0.15) is 0 Å². The Bertz CT molecular complexity index is 2480. The van der Waals surface area contributed by atoms with Gasteiger partial charge in [0.15, 0.2) is 0 Å². The number of aromatic nitrogens is 5. The predicted molar refractivity (Wildman–Crippen MR) is 175 cm³/mol. The average Bonchev–Trinajstić information content (AvgIpc) is 3.80. The highest BCUT2D eigenvalue weighted by Crippen LogP contribution is 2.39. The fraction of sp³-hybridized carbons (Fsp3) is 0. The van der Waals surface area contributed by atoms with Crippen LogP contribution in [0, 0.1) is 0 Å². The van der Waals surface area contributed by atoms with E-state index in [1.807, 2.05) is 12.1 Å². The van der Waals surface area contributed by atoms with Crippen molar-refractivity contribution in [3.8, 4) is 33.4 Å². The van der Waals surface area contributed by atoms with E-state index in [0.29, 0.717) is 0 Å². The van der Waals surface area contributed by atoms with Gasteiger partial charge in [0.05, 0.1) is 33.1 Å². The van der Waals surface area contributed by atoms with Crippen molar-refractivity contribution in [2.75, 3.05) is 0 Å². The Morgan fingerprint density at radius 1 is 0.326 bits per heavy atom. The Balaban J connectivity index is 1.36. The van der Waals surface area contributed by atoms with Gasteiger partial charge in [0.25, 0.3) is 0 Å². The van der Waals surface area contributed by atoms with E-state index in [1.165, 1.54) is 27.8 Å². The van der Waals surface area contributed by atoms with Crippen LogP contribution in [-0.2, 0) is 0 Å². The van der Waals surface area contributed by atoms with Gasteiger partial charge in [-0.15, -0.1) is 0 Å². The molecule has 4 aromatic heterocycles. The van der Waals surface area contributed by atoms with Gasteiger partial charge in [-0.25, -0.2) is 14.4 Å². The average molecular weight is 550 g/mol. The summed E-state index contributed by atoms with van der Waals surface area (Å²) < 4.78 is 6.81. The van der Waals surface area contributed by atoms with E-state index in [2.05, 4.69) is 141 Å². The van der Waals surface area contributed by atoms with E-state index in [-0.39, 0.29) is 0 Å². The van der Waals surface area contributed by atoms with Gasteiger partial charge in [-0.1, -0.05) is 84.9 Å². The summed E-state index contributed by atoms with van der Waals surface area (Å²) in [4.78, 5) is 10.2. The molecule has 10 aromatic rings. The molecule has 0 saturated carbocycles. The van der Waals surface area contributed by atoms with Crippen LogP contribution in [0.15, 0.2) is 140 Å². The van der Waals surface area contributed by atoms with Crippen LogP contribution < -0.4 is 0 Å². The minimum Gasteiger partial charge on any atom is -0.276 e. The van der Waals surface area contributed by atoms with Crippen LogP contribution >= 0.6 is 0 Å². The first-order chi connectivity index (χ1) is 21.3. The summed E-state index contributed by atoms with van der Waals surface area (Å²) in [6.45, 7) is 0. The first-order valence-corrected chi connectivity index (χ1v) is 14.5. The Labute approximate surface area is 245 Å². The zero-order chi connectivity index (χ0) is 28.1. The highest BCUT2D eigenvalue weighted by Gasteiger charge is 2.24. The zero-order valence-electron chi connectivity index (χ0n) is 23.0. The lowest BCUT2D eigenvalue weighted by Gasteiger charge is -2.12. The van der Waals surface area contributed by atoms with Crippen molar-refractivity contribution in [2.24, 2.45) is 0 Å². The number of para-hydroxylation sites is 4. The Kier molecular flexibility index (Phi) is 4.39. The molecule has 0 aliphatic heterocycles. The molecule has 0 bridgehead atoms. The lowest BCUT2D eigenvalue weighted by molar-refractivity contribution is 1.15. The van der Waals surface area contributed by atoms with E-state index in [4.69, 9.17) is 9.97 Å². The van der Waals surface area contributed by atoms with Crippen LogP contribution in [0.3, 0.4) is 0 Å². The maximum absolute atomic E-state index is 5.11. The third-order valence-corrected chi connectivity index (χ3v) is 8.74. The summed E-state index contributed by atoms with van der Waals surface area (Å²) in [6.07, 6.45) is 0. The molecule has 0 N–H and O–H groups in total. The third-order valence-electron chi connectivity index (χ3n) is 8.74. The lowest BCUT2D eigenvalue weighted by atomic mass is 9.93. The van der Waals surface area contributed by atoms with Gasteiger partial charge in [-0.3, -0.25) is 8.80 Å². The van der Waals surface area contributed by atoms with E-state index in [9.17, 15) is 0 Å². The standard InChI is InChI=1S/C38H23N5/c1-3-11-24(12-4-1)26-19-27(25-13-5-2-6-14-25)21-28(20-26)29-22-34-36-35(23-29)42-33-18-10-8-16-31(33)40-38(42)43(36)37-39-30-15-7-9-17-32(30)41(34)37/h1-23H. The van der Waals surface area contributed by atoms with Crippen LogP contribution in [0.25, 0.3) is 83.6 Å². The van der Waals surface area contributed by atoms with Crippen LogP contribution in [-0.4, -0.2) is 23.2 Å². The monoisotopic (exact) mass is 549 g/mol. The van der Waals surface area contributed by atoms with Gasteiger partial charge in [0.1, 0.15) is 5.52 Å². The van der Waals surface area contributed by atoms with E-state index >= 15 is 0 Å². The third kappa shape index (κ3) is 3.11. The predicted octanol–water partition coefficient (Wildman–Crippen LogP) is 9.13. The van der Waals surface area contributed by atoms with Gasteiger partial charge in [0, 0.05) is 0 Å². The quantitative estimate of drug-likeness (QED) is 0.220. The summed E-state index contributed by atoms with van der Waals surface area (Å²) >= 11 is 0. The molecule has 0 amide bonds. The largest absolute Gasteiger partial charge is 0.276 e. The van der Waals surface area contributed by atoms with E-state index in [0.717, 1.165) is 55.7 Å². The Morgan fingerprint density at radius 2 is 0.721 bits per heavy atom. The number of imidazole rings is 4. The molecule has 5 heteroatoms. The van der Waals surface area contributed by atoms with Gasteiger partial charge >= 0.3 is 0 Å². The highest BCUT2D eigenvalue weighted by atomic mass is 15.3. The number of rotatable bonds is 3. The fourth-order valence-corrected chi connectivity index (χ4v) is 6.82. The molecule has 0 spiro atoms. The molecular weight excluding hydrogens is 526 g/mol. The Hall–Kier alpha value is -5.94. The molecule has 0 radical (unpaired) electrons. The molecule has 0 saturated heterocycles. The minimum absolute atomic E-state index is 0.881. The second-order valence-corrected chi connectivity index (χ2v) is 11.2. The van der Waals surface area contributed by atoms with Crippen LogP contribution in [0.4, 0.5) is 0 Å². The topological polar surface area (TPSA) is 39.0 Å². The van der Waals surface area contributed by atoms with Crippen molar-refractivity contribution in [3.05, 3.63) is 140 Å². The molecule has 6 aromatic carbocycles. The van der Waals surface area contributed by atoms with E-state index in [1.54, 1.807) is 0 Å². The van der Waals surface area contributed by atoms with Crippen LogP contribution in [0.2, 0.25) is 0 Å². The molecule has 0 aliphatic rings. The molecule has 4 heterocycles. The molecule has 10 rings (SSSR count). The molecular formula is C38H23N5. The van der Waals surface area contributed by atoms with E-state index < -0.39 is 0 Å². The van der Waals surface area contributed by atoms with Gasteiger partial charge < -0.3 is 0 Å². The molecule has 200 valence electrons. The highest BCUT2D eigenvalue weighted by molar-refractivity contribution is 6.06. The van der Waals surface area contributed by atoms with Gasteiger partial charge in [0.2, 0.25) is 11.6 Å². The second kappa shape index (κ2) is 8.30. The second-order valence-electron chi connectivity index (χ2n) is 11.2. The first kappa shape index (κ1) is 22.7. The molecule has 43 heavy (non-hydrogen) atoms. The molecule has 0 aliphatic carbocycles. The SMILES string of the molecule is c1ccc(-c2cc(-c3ccccc3)cc(-c3cc4c5c(c3)n3c6ccccc6nc3n5c3nc5ccccc5n43)c2)cc1.